The van der Waals surface area contributed by atoms with Gasteiger partial charge in [0.25, 0.3) is 0 Å². The molecule has 1 aliphatic rings. The molecule has 0 saturated carbocycles. The Balaban J connectivity index is 0.000000162. The van der Waals surface area contributed by atoms with Crippen molar-refractivity contribution < 1.29 is 9.59 Å². The molecule has 0 aliphatic heterocycles. The van der Waals surface area contributed by atoms with Crippen LogP contribution < -0.4 is 15.9 Å². The number of unbranched alkanes of at least 4 members (excludes halogenated alkanes) is 2. The Kier molecular flexibility index (Phi) is 9.11. The van der Waals surface area contributed by atoms with Crippen molar-refractivity contribution in [3.05, 3.63) is 161 Å². The van der Waals surface area contributed by atoms with Gasteiger partial charge in [-0.25, -0.2) is 0 Å². The Hall–Kier alpha value is -4.13. The third-order valence-corrected chi connectivity index (χ3v) is 9.55. The molecule has 3 heteroatoms. The van der Waals surface area contributed by atoms with E-state index in [1.54, 1.807) is 24.3 Å². The van der Waals surface area contributed by atoms with Crippen LogP contribution in [0.4, 0.5) is 0 Å². The third-order valence-electron chi connectivity index (χ3n) is 7.10. The Bertz CT molecular complexity index is 1480. The van der Waals surface area contributed by atoms with Crippen LogP contribution >= 0.6 is 7.92 Å². The molecule has 0 atom stereocenters. The van der Waals surface area contributed by atoms with E-state index in [0.29, 0.717) is 22.3 Å². The molecular weight excluding hydrogens is 507 g/mol. The number of hydrogen-bond acceptors (Lipinski definition) is 2. The molecule has 40 heavy (non-hydrogen) atoms. The predicted molar refractivity (Wildman–Crippen MR) is 168 cm³/mol. The van der Waals surface area contributed by atoms with Crippen molar-refractivity contribution >= 4 is 35.4 Å². The minimum atomic E-state index is -0.446. The number of aryl methyl sites for hydroxylation is 1. The fourth-order valence-corrected chi connectivity index (χ4v) is 7.36. The second kappa shape index (κ2) is 13.3. The highest BCUT2D eigenvalue weighted by Crippen LogP contribution is 2.32. The molecule has 0 unspecified atom stereocenters. The van der Waals surface area contributed by atoms with E-state index in [0.717, 1.165) is 18.4 Å². The van der Waals surface area contributed by atoms with Crippen molar-refractivity contribution in [2.75, 3.05) is 0 Å². The molecule has 1 aliphatic carbocycles. The Morgan fingerprint density at radius 2 is 0.900 bits per heavy atom. The zero-order valence-corrected chi connectivity index (χ0v) is 23.7. The molecular formula is C37H33O2P. The molecule has 0 spiro atoms. The quantitative estimate of drug-likeness (QED) is 0.154. The van der Waals surface area contributed by atoms with Crippen molar-refractivity contribution in [2.24, 2.45) is 0 Å². The summed E-state index contributed by atoms with van der Waals surface area (Å²) in [5.74, 6) is -0.0714. The lowest BCUT2D eigenvalue weighted by Crippen LogP contribution is -2.20. The summed E-state index contributed by atoms with van der Waals surface area (Å²) in [5.41, 5.74) is 3.29. The number of benzene rings is 5. The summed E-state index contributed by atoms with van der Waals surface area (Å²) in [6.07, 6.45) is 4.45. The van der Waals surface area contributed by atoms with Crippen molar-refractivity contribution in [1.29, 1.82) is 0 Å². The van der Waals surface area contributed by atoms with Gasteiger partial charge in [0.05, 0.1) is 0 Å². The molecule has 0 fully saturated rings. The zero-order valence-electron chi connectivity index (χ0n) is 22.8. The lowest BCUT2D eigenvalue weighted by atomic mass is 9.83. The smallest absolute Gasteiger partial charge is 0.194 e. The first-order valence-electron chi connectivity index (χ1n) is 13.9. The number of hydrogen-bond donors (Lipinski definition) is 0. The van der Waals surface area contributed by atoms with Crippen LogP contribution in [0.15, 0.2) is 133 Å². The topological polar surface area (TPSA) is 34.1 Å². The van der Waals surface area contributed by atoms with Crippen LogP contribution in [0.1, 0.15) is 63.6 Å². The van der Waals surface area contributed by atoms with Crippen LogP contribution in [0.2, 0.25) is 0 Å². The first-order chi connectivity index (χ1) is 19.7. The third kappa shape index (κ3) is 6.19. The van der Waals surface area contributed by atoms with E-state index in [4.69, 9.17) is 0 Å². The van der Waals surface area contributed by atoms with Gasteiger partial charge in [0.15, 0.2) is 11.6 Å². The van der Waals surface area contributed by atoms with E-state index in [9.17, 15) is 9.59 Å². The molecule has 0 bridgehead atoms. The van der Waals surface area contributed by atoms with Gasteiger partial charge in [-0.3, -0.25) is 9.59 Å². The van der Waals surface area contributed by atoms with Gasteiger partial charge in [0, 0.05) is 22.3 Å². The number of rotatable bonds is 7. The lowest BCUT2D eigenvalue weighted by Gasteiger charge is -2.18. The summed E-state index contributed by atoms with van der Waals surface area (Å²) >= 11 is 0. The van der Waals surface area contributed by atoms with E-state index in [2.05, 4.69) is 97.9 Å². The van der Waals surface area contributed by atoms with Crippen molar-refractivity contribution in [1.82, 2.24) is 0 Å². The normalized spacial score (nSPS) is 11.8. The van der Waals surface area contributed by atoms with Crippen molar-refractivity contribution in [3.8, 4) is 0 Å². The minimum Gasteiger partial charge on any atom is -0.289 e. The maximum Gasteiger partial charge on any atom is 0.194 e. The van der Waals surface area contributed by atoms with Gasteiger partial charge in [-0.1, -0.05) is 147 Å². The highest BCUT2D eigenvalue weighted by atomic mass is 31.1. The fourth-order valence-electron chi connectivity index (χ4n) is 5.06. The Morgan fingerprint density at radius 1 is 0.475 bits per heavy atom. The number of carbonyl (C=O) groups is 2. The fraction of sp³-hybridized carbons (Fsp3) is 0.135. The molecule has 198 valence electrons. The first kappa shape index (κ1) is 27.4. The molecule has 0 saturated heterocycles. The summed E-state index contributed by atoms with van der Waals surface area (Å²) in [7, 11) is -0.446. The summed E-state index contributed by atoms with van der Waals surface area (Å²) < 4.78 is 0. The molecule has 5 aromatic rings. The highest BCUT2D eigenvalue weighted by molar-refractivity contribution is 7.79. The predicted octanol–water partition coefficient (Wildman–Crippen LogP) is 7.64. The maximum absolute atomic E-state index is 12.6. The Morgan fingerprint density at radius 3 is 1.38 bits per heavy atom. The maximum atomic E-state index is 12.6. The second-order valence-corrected chi connectivity index (χ2v) is 12.1. The summed E-state index contributed by atoms with van der Waals surface area (Å²) in [5, 5.41) is 4.19. The van der Waals surface area contributed by atoms with Crippen LogP contribution in [-0.4, -0.2) is 11.6 Å². The van der Waals surface area contributed by atoms with Gasteiger partial charge in [0.1, 0.15) is 0 Å². The molecule has 6 rings (SSSR count). The molecule has 0 heterocycles. The van der Waals surface area contributed by atoms with E-state index in [1.807, 2.05) is 18.2 Å². The van der Waals surface area contributed by atoms with E-state index < -0.39 is 7.92 Å². The zero-order chi connectivity index (χ0) is 27.7. The summed E-state index contributed by atoms with van der Waals surface area (Å²) in [4.78, 5) is 25.1. The standard InChI is InChI=1S/C19H18O2.C18H15P/c1-2-3-4-7-13-10-11-16-17(12-13)19(21)15-9-6-5-8-14(15)18(16)20;1-4-10-16(11-5-1)19(17-12-6-2-7-13-17)18-14-8-3-9-15-18/h5-6,8-12H,2-4,7H2,1H3;1-15H. The van der Waals surface area contributed by atoms with Crippen LogP contribution in [-0.2, 0) is 6.42 Å². The van der Waals surface area contributed by atoms with Gasteiger partial charge < -0.3 is 0 Å². The molecule has 2 nitrogen and oxygen atoms in total. The second-order valence-electron chi connectivity index (χ2n) is 9.88. The van der Waals surface area contributed by atoms with E-state index in [-0.39, 0.29) is 11.6 Å². The number of carbonyl (C=O) groups excluding carboxylic acids is 2. The van der Waals surface area contributed by atoms with Crippen LogP contribution in [0.5, 0.6) is 0 Å². The van der Waals surface area contributed by atoms with E-state index >= 15 is 0 Å². The molecule has 0 N–H and O–H groups in total. The van der Waals surface area contributed by atoms with Crippen LogP contribution in [0.25, 0.3) is 0 Å². The van der Waals surface area contributed by atoms with Crippen LogP contribution in [0.3, 0.4) is 0 Å². The van der Waals surface area contributed by atoms with Gasteiger partial charge in [-0.15, -0.1) is 0 Å². The van der Waals surface area contributed by atoms with Gasteiger partial charge in [-0.05, 0) is 48.3 Å². The van der Waals surface area contributed by atoms with Crippen LogP contribution in [0, 0.1) is 0 Å². The van der Waals surface area contributed by atoms with Gasteiger partial charge in [0.2, 0.25) is 0 Å². The summed E-state index contributed by atoms with van der Waals surface area (Å²) in [6, 6.07) is 45.1. The lowest BCUT2D eigenvalue weighted by molar-refractivity contribution is 0.0979. The molecule has 0 aromatic heterocycles. The molecule has 0 amide bonds. The molecule has 5 aromatic carbocycles. The van der Waals surface area contributed by atoms with Gasteiger partial charge in [-0.2, -0.15) is 0 Å². The highest BCUT2D eigenvalue weighted by Gasteiger charge is 2.29. The largest absolute Gasteiger partial charge is 0.289 e. The Labute approximate surface area is 238 Å². The van der Waals surface area contributed by atoms with E-state index in [1.165, 1.54) is 28.8 Å². The monoisotopic (exact) mass is 540 g/mol. The molecule has 0 radical (unpaired) electrons. The summed E-state index contributed by atoms with van der Waals surface area (Å²) in [6.45, 7) is 2.17. The minimum absolute atomic E-state index is 0.0301. The number of fused-ring (bicyclic) bond motifs is 2. The first-order valence-corrected chi connectivity index (χ1v) is 15.3. The van der Waals surface area contributed by atoms with Crippen molar-refractivity contribution in [3.63, 3.8) is 0 Å². The number of ketones is 2. The average Bonchev–Trinajstić information content (AvgIpc) is 3.02. The SMILES string of the molecule is CCCCCc1ccc2c(c1)C(=O)c1ccccc1C2=O.c1ccc(P(c2ccccc2)c2ccccc2)cc1. The van der Waals surface area contributed by atoms with Crippen molar-refractivity contribution in [2.45, 2.75) is 32.6 Å². The van der Waals surface area contributed by atoms with Gasteiger partial charge >= 0.3 is 0 Å². The average molecular weight is 541 g/mol.